The first-order chi connectivity index (χ1) is 6.10. The second-order valence-corrected chi connectivity index (χ2v) is 3.12. The molecule has 0 aliphatic heterocycles. The van der Waals surface area contributed by atoms with E-state index in [-0.39, 0.29) is 6.61 Å². The van der Waals surface area contributed by atoms with Gasteiger partial charge in [0, 0.05) is 6.20 Å². The number of nitrogens with two attached hydrogens (primary N) is 1. The molecule has 0 unspecified atom stereocenters. The third kappa shape index (κ3) is 2.02. The van der Waals surface area contributed by atoms with Crippen LogP contribution in [0.25, 0.3) is 0 Å². The summed E-state index contributed by atoms with van der Waals surface area (Å²) >= 11 is 0. The van der Waals surface area contributed by atoms with Crippen molar-refractivity contribution in [1.82, 2.24) is 4.98 Å². The van der Waals surface area contributed by atoms with Gasteiger partial charge in [-0.2, -0.15) is 5.26 Å². The van der Waals surface area contributed by atoms with E-state index in [2.05, 4.69) is 4.98 Å². The lowest BCUT2D eigenvalue weighted by Gasteiger charge is -2.21. The summed E-state index contributed by atoms with van der Waals surface area (Å²) in [5, 5.41) is 17.5. The zero-order valence-electron chi connectivity index (χ0n) is 7.36. The van der Waals surface area contributed by atoms with E-state index in [1.165, 1.54) is 6.20 Å². The Balaban J connectivity index is 3.00. The molecule has 0 aromatic carbocycles. The van der Waals surface area contributed by atoms with Crippen LogP contribution >= 0.6 is 0 Å². The van der Waals surface area contributed by atoms with E-state index < -0.39 is 5.54 Å². The zero-order chi connectivity index (χ0) is 9.90. The van der Waals surface area contributed by atoms with Gasteiger partial charge in [-0.25, -0.2) is 4.98 Å². The second kappa shape index (κ2) is 3.52. The third-order valence-electron chi connectivity index (χ3n) is 1.87. The quantitative estimate of drug-likeness (QED) is 0.672. The minimum Gasteiger partial charge on any atom is -0.394 e. The molecule has 0 spiro atoms. The van der Waals surface area contributed by atoms with Gasteiger partial charge in [-0.05, 0) is 18.6 Å². The summed E-state index contributed by atoms with van der Waals surface area (Å²) in [5.41, 5.74) is 6.03. The lowest BCUT2D eigenvalue weighted by atomic mass is 9.96. The van der Waals surface area contributed by atoms with Crippen molar-refractivity contribution in [2.75, 3.05) is 6.61 Å². The average Bonchev–Trinajstić information content (AvgIpc) is 2.18. The van der Waals surface area contributed by atoms with Gasteiger partial charge in [0.1, 0.15) is 11.8 Å². The predicted octanol–water partition coefficient (Wildman–Crippen LogP) is 0.119. The molecule has 1 aromatic heterocycles. The molecule has 0 saturated heterocycles. The fraction of sp³-hybridized carbons (Fsp3) is 0.333. The van der Waals surface area contributed by atoms with Crippen LogP contribution in [0.5, 0.6) is 0 Å². The van der Waals surface area contributed by atoms with E-state index in [0.29, 0.717) is 11.3 Å². The highest BCUT2D eigenvalue weighted by Crippen LogP contribution is 2.15. The summed E-state index contributed by atoms with van der Waals surface area (Å²) in [5.74, 6) is 0. The summed E-state index contributed by atoms with van der Waals surface area (Å²) in [4.78, 5) is 3.86. The molecule has 13 heavy (non-hydrogen) atoms. The van der Waals surface area contributed by atoms with Crippen LogP contribution in [0.1, 0.15) is 18.2 Å². The van der Waals surface area contributed by atoms with Gasteiger partial charge in [0.25, 0.3) is 0 Å². The fourth-order valence-corrected chi connectivity index (χ4v) is 0.889. The van der Waals surface area contributed by atoms with Crippen LogP contribution in [-0.2, 0) is 5.54 Å². The Morgan fingerprint density at radius 1 is 1.69 bits per heavy atom. The number of rotatable bonds is 2. The Kier molecular flexibility index (Phi) is 2.61. The molecule has 0 amide bonds. The highest BCUT2D eigenvalue weighted by molar-refractivity contribution is 5.27. The highest BCUT2D eigenvalue weighted by Gasteiger charge is 2.19. The van der Waals surface area contributed by atoms with Crippen molar-refractivity contribution in [3.8, 4) is 6.07 Å². The van der Waals surface area contributed by atoms with Crippen LogP contribution in [-0.4, -0.2) is 16.7 Å². The van der Waals surface area contributed by atoms with Gasteiger partial charge in [-0.3, -0.25) is 0 Å². The van der Waals surface area contributed by atoms with Crippen LogP contribution in [0, 0.1) is 11.3 Å². The molecular weight excluding hydrogens is 166 g/mol. The van der Waals surface area contributed by atoms with Crippen molar-refractivity contribution in [3.63, 3.8) is 0 Å². The van der Waals surface area contributed by atoms with Crippen molar-refractivity contribution in [3.05, 3.63) is 29.6 Å². The number of aromatic nitrogens is 1. The smallest absolute Gasteiger partial charge is 0.140 e. The number of pyridine rings is 1. The molecule has 0 saturated carbocycles. The SMILES string of the molecule is C[C@@](N)(CO)c1ccc(C#N)nc1. The number of hydrogen-bond donors (Lipinski definition) is 2. The first-order valence-electron chi connectivity index (χ1n) is 3.86. The Hall–Kier alpha value is -1.44. The van der Waals surface area contributed by atoms with Crippen molar-refractivity contribution in [2.45, 2.75) is 12.5 Å². The largest absolute Gasteiger partial charge is 0.394 e. The lowest BCUT2D eigenvalue weighted by molar-refractivity contribution is 0.210. The Bertz CT molecular complexity index is 324. The van der Waals surface area contributed by atoms with Crippen LogP contribution in [0.4, 0.5) is 0 Å². The van der Waals surface area contributed by atoms with E-state index in [0.717, 1.165) is 0 Å². The van der Waals surface area contributed by atoms with Gasteiger partial charge >= 0.3 is 0 Å². The van der Waals surface area contributed by atoms with Crippen LogP contribution < -0.4 is 5.73 Å². The first-order valence-corrected chi connectivity index (χ1v) is 3.86. The maximum absolute atomic E-state index is 8.96. The number of nitriles is 1. The molecule has 0 bridgehead atoms. The van der Waals surface area contributed by atoms with Gasteiger partial charge in [0.15, 0.2) is 0 Å². The topological polar surface area (TPSA) is 82.9 Å². The van der Waals surface area contributed by atoms with Crippen LogP contribution in [0.3, 0.4) is 0 Å². The van der Waals surface area contributed by atoms with Crippen molar-refractivity contribution >= 4 is 0 Å². The molecule has 4 heteroatoms. The predicted molar refractivity (Wildman–Crippen MR) is 47.6 cm³/mol. The summed E-state index contributed by atoms with van der Waals surface area (Å²) in [7, 11) is 0. The monoisotopic (exact) mass is 177 g/mol. The summed E-state index contributed by atoms with van der Waals surface area (Å²) in [6.45, 7) is 1.55. The van der Waals surface area contributed by atoms with Gasteiger partial charge in [0.2, 0.25) is 0 Å². The molecular formula is C9H11N3O. The summed E-state index contributed by atoms with van der Waals surface area (Å²) in [6.07, 6.45) is 1.51. The minimum absolute atomic E-state index is 0.152. The van der Waals surface area contributed by atoms with Crippen LogP contribution in [0.2, 0.25) is 0 Å². The summed E-state index contributed by atoms with van der Waals surface area (Å²) < 4.78 is 0. The number of nitrogens with zero attached hydrogens (tertiary/aromatic N) is 2. The maximum Gasteiger partial charge on any atom is 0.140 e. The molecule has 0 fully saturated rings. The zero-order valence-corrected chi connectivity index (χ0v) is 7.36. The lowest BCUT2D eigenvalue weighted by Crippen LogP contribution is -2.37. The van der Waals surface area contributed by atoms with E-state index in [9.17, 15) is 0 Å². The molecule has 1 aromatic rings. The molecule has 68 valence electrons. The van der Waals surface area contributed by atoms with E-state index >= 15 is 0 Å². The highest BCUT2D eigenvalue weighted by atomic mass is 16.3. The Labute approximate surface area is 76.6 Å². The van der Waals surface area contributed by atoms with Gasteiger partial charge in [0.05, 0.1) is 12.1 Å². The van der Waals surface area contributed by atoms with E-state index in [1.807, 2.05) is 6.07 Å². The first kappa shape index (κ1) is 9.65. The molecule has 0 aliphatic carbocycles. The number of hydrogen-bond acceptors (Lipinski definition) is 4. The van der Waals surface area contributed by atoms with Crippen molar-refractivity contribution in [1.29, 1.82) is 5.26 Å². The fourth-order valence-electron chi connectivity index (χ4n) is 0.889. The Morgan fingerprint density at radius 2 is 2.38 bits per heavy atom. The standard InChI is InChI=1S/C9H11N3O/c1-9(11,6-13)7-2-3-8(4-10)12-5-7/h2-3,5,13H,6,11H2,1H3/t9-/m1/s1. The van der Waals surface area contributed by atoms with Crippen molar-refractivity contribution < 1.29 is 5.11 Å². The molecule has 1 atom stereocenters. The molecule has 4 nitrogen and oxygen atoms in total. The second-order valence-electron chi connectivity index (χ2n) is 3.12. The minimum atomic E-state index is -0.791. The van der Waals surface area contributed by atoms with Gasteiger partial charge in [-0.15, -0.1) is 0 Å². The third-order valence-corrected chi connectivity index (χ3v) is 1.87. The van der Waals surface area contributed by atoms with Gasteiger partial charge < -0.3 is 10.8 Å². The molecule has 1 heterocycles. The van der Waals surface area contributed by atoms with E-state index in [4.69, 9.17) is 16.1 Å². The normalized spacial score (nSPS) is 14.6. The number of aliphatic hydroxyl groups excluding tert-OH is 1. The Morgan fingerprint density at radius 3 is 2.77 bits per heavy atom. The molecule has 0 aliphatic rings. The van der Waals surface area contributed by atoms with Crippen LogP contribution in [0.15, 0.2) is 18.3 Å². The molecule has 0 radical (unpaired) electrons. The maximum atomic E-state index is 8.96. The number of aliphatic hydroxyl groups is 1. The molecule has 3 N–H and O–H groups in total. The van der Waals surface area contributed by atoms with Crippen molar-refractivity contribution in [2.24, 2.45) is 5.73 Å². The van der Waals surface area contributed by atoms with Gasteiger partial charge in [-0.1, -0.05) is 6.07 Å². The van der Waals surface area contributed by atoms with E-state index in [1.54, 1.807) is 19.1 Å². The average molecular weight is 177 g/mol. The molecule has 1 rings (SSSR count). The summed E-state index contributed by atoms with van der Waals surface area (Å²) in [6, 6.07) is 5.18.